The maximum Gasteiger partial charge on any atom is 0.416 e. The Morgan fingerprint density at radius 2 is 2.00 bits per heavy atom. The molecule has 0 atom stereocenters. The number of nitrogens with zero attached hydrogens (tertiary/aromatic N) is 3. The van der Waals surface area contributed by atoms with Crippen molar-refractivity contribution in [2.24, 2.45) is 0 Å². The molecule has 0 spiro atoms. The highest BCUT2D eigenvalue weighted by atomic mass is 19.4. The Balaban J connectivity index is 1.79. The molecule has 1 aliphatic heterocycles. The SMILES string of the molecule is Cc1c(Cc2c(N)[nH]n3c(=O)cc(N4CCOCC4)nc23)cccc1C(F)(F)F. The van der Waals surface area contributed by atoms with Gasteiger partial charge in [0.15, 0.2) is 5.65 Å². The molecule has 29 heavy (non-hydrogen) atoms. The van der Waals surface area contributed by atoms with E-state index in [9.17, 15) is 18.0 Å². The van der Waals surface area contributed by atoms with Crippen LogP contribution in [0.1, 0.15) is 22.3 Å². The summed E-state index contributed by atoms with van der Waals surface area (Å²) in [6.45, 7) is 3.70. The lowest BCUT2D eigenvalue weighted by atomic mass is 9.97. The number of halogens is 3. The lowest BCUT2D eigenvalue weighted by molar-refractivity contribution is -0.138. The average molecular weight is 407 g/mol. The van der Waals surface area contributed by atoms with Crippen LogP contribution in [0, 0.1) is 6.92 Å². The molecule has 0 radical (unpaired) electrons. The van der Waals surface area contributed by atoms with Crippen LogP contribution in [-0.2, 0) is 17.3 Å². The number of alkyl halides is 3. The molecule has 0 aliphatic carbocycles. The van der Waals surface area contributed by atoms with Crippen molar-refractivity contribution in [2.75, 3.05) is 36.9 Å². The van der Waals surface area contributed by atoms with Crippen molar-refractivity contribution >= 4 is 17.3 Å². The number of ether oxygens (including phenoxy) is 1. The van der Waals surface area contributed by atoms with Crippen LogP contribution in [-0.4, -0.2) is 40.9 Å². The predicted molar refractivity (Wildman–Crippen MR) is 102 cm³/mol. The first-order chi connectivity index (χ1) is 13.8. The van der Waals surface area contributed by atoms with Gasteiger partial charge in [0.05, 0.1) is 18.8 Å². The van der Waals surface area contributed by atoms with Gasteiger partial charge in [0.25, 0.3) is 5.56 Å². The highest BCUT2D eigenvalue weighted by Crippen LogP contribution is 2.34. The summed E-state index contributed by atoms with van der Waals surface area (Å²) in [6.07, 6.45) is -4.32. The number of hydrogen-bond acceptors (Lipinski definition) is 5. The molecule has 154 valence electrons. The molecular formula is C19H20F3N5O2. The minimum absolute atomic E-state index is 0.119. The molecule has 0 saturated carbocycles. The minimum atomic E-state index is -4.44. The molecule has 0 unspecified atom stereocenters. The zero-order valence-corrected chi connectivity index (χ0v) is 15.7. The zero-order chi connectivity index (χ0) is 20.8. The van der Waals surface area contributed by atoms with E-state index in [4.69, 9.17) is 10.5 Å². The van der Waals surface area contributed by atoms with E-state index in [1.807, 2.05) is 4.90 Å². The fraction of sp³-hybridized carbons (Fsp3) is 0.368. The second-order valence-corrected chi connectivity index (χ2v) is 6.98. The number of hydrogen-bond donors (Lipinski definition) is 2. The number of rotatable bonds is 3. The number of aromatic amines is 1. The van der Waals surface area contributed by atoms with Gasteiger partial charge < -0.3 is 15.4 Å². The van der Waals surface area contributed by atoms with Gasteiger partial charge in [0, 0.05) is 31.1 Å². The first-order valence-electron chi connectivity index (χ1n) is 9.14. The number of fused-ring (bicyclic) bond motifs is 1. The first-order valence-corrected chi connectivity index (χ1v) is 9.14. The standard InChI is InChI=1S/C19H20F3N5O2/c1-11-12(3-2-4-14(11)19(20,21)22)9-13-17(23)25-27-16(28)10-15(24-18(13)27)26-5-7-29-8-6-26/h2-4,10,25H,5-9,23H2,1H3. The molecule has 0 bridgehead atoms. The van der Waals surface area contributed by atoms with Crippen molar-refractivity contribution < 1.29 is 17.9 Å². The predicted octanol–water partition coefficient (Wildman–Crippen LogP) is 2.36. The number of nitrogens with two attached hydrogens (primary N) is 1. The summed E-state index contributed by atoms with van der Waals surface area (Å²) in [5, 5.41) is 2.76. The van der Waals surface area contributed by atoms with Gasteiger partial charge >= 0.3 is 6.18 Å². The number of nitrogens with one attached hydrogen (secondary N) is 1. The third-order valence-electron chi connectivity index (χ3n) is 5.19. The van der Waals surface area contributed by atoms with E-state index in [0.717, 1.165) is 6.07 Å². The van der Waals surface area contributed by atoms with Crippen molar-refractivity contribution in [3.05, 3.63) is 56.9 Å². The third-order valence-corrected chi connectivity index (χ3v) is 5.19. The second kappa shape index (κ2) is 7.11. The Hall–Kier alpha value is -3.01. The van der Waals surface area contributed by atoms with Gasteiger partial charge in [-0.2, -0.15) is 17.7 Å². The number of benzene rings is 1. The van der Waals surface area contributed by atoms with E-state index >= 15 is 0 Å². The monoisotopic (exact) mass is 407 g/mol. The van der Waals surface area contributed by atoms with Crippen molar-refractivity contribution in [2.45, 2.75) is 19.5 Å². The number of nitrogen functional groups attached to an aromatic ring is 1. The van der Waals surface area contributed by atoms with Crippen molar-refractivity contribution in [1.82, 2.24) is 14.6 Å². The van der Waals surface area contributed by atoms with E-state index in [0.29, 0.717) is 48.9 Å². The molecular weight excluding hydrogens is 387 g/mol. The van der Waals surface area contributed by atoms with Crippen molar-refractivity contribution in [1.29, 1.82) is 0 Å². The van der Waals surface area contributed by atoms with E-state index in [-0.39, 0.29) is 23.4 Å². The number of morpholine rings is 1. The quantitative estimate of drug-likeness (QED) is 0.696. The lowest BCUT2D eigenvalue weighted by Crippen LogP contribution is -2.37. The van der Waals surface area contributed by atoms with Crippen LogP contribution in [0.3, 0.4) is 0 Å². The van der Waals surface area contributed by atoms with Gasteiger partial charge in [-0.3, -0.25) is 9.89 Å². The summed E-state index contributed by atoms with van der Waals surface area (Å²) in [6, 6.07) is 5.46. The van der Waals surface area contributed by atoms with E-state index < -0.39 is 11.7 Å². The smallest absolute Gasteiger partial charge is 0.384 e. The molecule has 7 nitrogen and oxygen atoms in total. The van der Waals surface area contributed by atoms with Crippen LogP contribution < -0.4 is 16.2 Å². The number of anilines is 2. The summed E-state index contributed by atoms with van der Waals surface area (Å²) in [4.78, 5) is 19.1. The highest BCUT2D eigenvalue weighted by molar-refractivity contribution is 5.63. The first kappa shape index (κ1) is 19.3. The largest absolute Gasteiger partial charge is 0.416 e. The van der Waals surface area contributed by atoms with E-state index in [1.165, 1.54) is 23.6 Å². The Morgan fingerprint density at radius 3 is 2.69 bits per heavy atom. The fourth-order valence-electron chi connectivity index (χ4n) is 3.59. The molecule has 1 aromatic carbocycles. The molecule has 4 rings (SSSR count). The van der Waals surface area contributed by atoms with Gasteiger partial charge in [0.1, 0.15) is 11.6 Å². The normalized spacial score (nSPS) is 15.2. The Bertz CT molecular complexity index is 1110. The summed E-state index contributed by atoms with van der Waals surface area (Å²) >= 11 is 0. The number of aromatic nitrogens is 3. The fourth-order valence-corrected chi connectivity index (χ4v) is 3.59. The van der Waals surface area contributed by atoms with Gasteiger partial charge in [-0.25, -0.2) is 4.98 Å². The molecule has 3 N–H and O–H groups in total. The molecule has 2 aromatic heterocycles. The molecule has 1 saturated heterocycles. The van der Waals surface area contributed by atoms with E-state index in [2.05, 4.69) is 10.1 Å². The van der Waals surface area contributed by atoms with Gasteiger partial charge in [-0.05, 0) is 24.1 Å². The van der Waals surface area contributed by atoms with Crippen LogP contribution in [0.15, 0.2) is 29.1 Å². The van der Waals surface area contributed by atoms with Crippen LogP contribution in [0.2, 0.25) is 0 Å². The zero-order valence-electron chi connectivity index (χ0n) is 15.7. The van der Waals surface area contributed by atoms with Crippen LogP contribution in [0.5, 0.6) is 0 Å². The molecule has 0 amide bonds. The lowest BCUT2D eigenvalue weighted by Gasteiger charge is -2.27. The minimum Gasteiger partial charge on any atom is -0.384 e. The molecule has 3 aromatic rings. The van der Waals surface area contributed by atoms with E-state index in [1.54, 1.807) is 6.07 Å². The van der Waals surface area contributed by atoms with Crippen molar-refractivity contribution in [3.8, 4) is 0 Å². The Morgan fingerprint density at radius 1 is 1.28 bits per heavy atom. The summed E-state index contributed by atoms with van der Waals surface area (Å²) in [5.41, 5.74) is 6.44. The Labute approximate surface area is 163 Å². The van der Waals surface area contributed by atoms with Crippen molar-refractivity contribution in [3.63, 3.8) is 0 Å². The molecule has 3 heterocycles. The Kier molecular flexibility index (Phi) is 4.73. The topological polar surface area (TPSA) is 88.7 Å². The highest BCUT2D eigenvalue weighted by Gasteiger charge is 2.33. The summed E-state index contributed by atoms with van der Waals surface area (Å²) < 4.78 is 46.3. The van der Waals surface area contributed by atoms with Gasteiger partial charge in [-0.1, -0.05) is 12.1 Å². The maximum absolute atomic E-state index is 13.2. The molecule has 1 aliphatic rings. The second-order valence-electron chi connectivity index (χ2n) is 6.98. The summed E-state index contributed by atoms with van der Waals surface area (Å²) in [5.74, 6) is 0.699. The number of H-pyrrole nitrogens is 1. The maximum atomic E-state index is 13.2. The summed E-state index contributed by atoms with van der Waals surface area (Å²) in [7, 11) is 0. The molecule has 10 heteroatoms. The van der Waals surface area contributed by atoms with Crippen LogP contribution >= 0.6 is 0 Å². The van der Waals surface area contributed by atoms with Gasteiger partial charge in [-0.15, -0.1) is 0 Å². The average Bonchev–Trinajstić information content (AvgIpc) is 2.99. The van der Waals surface area contributed by atoms with Crippen LogP contribution in [0.25, 0.3) is 5.65 Å². The van der Waals surface area contributed by atoms with Crippen LogP contribution in [0.4, 0.5) is 24.8 Å². The molecule has 1 fully saturated rings. The van der Waals surface area contributed by atoms with Gasteiger partial charge in [0.2, 0.25) is 0 Å². The third kappa shape index (κ3) is 3.55.